The van der Waals surface area contributed by atoms with Gasteiger partial charge in [0, 0.05) is 11.5 Å². The number of carbonyl (C=O) groups is 1. The Bertz CT molecular complexity index is 275. The van der Waals surface area contributed by atoms with Gasteiger partial charge in [0.2, 0.25) is 0 Å². The summed E-state index contributed by atoms with van der Waals surface area (Å²) in [5, 5.41) is 6.41. The van der Waals surface area contributed by atoms with Gasteiger partial charge in [-0.15, -0.1) is 0 Å². The molecule has 6 nitrogen and oxygen atoms in total. The molecule has 0 amide bonds. The van der Waals surface area contributed by atoms with Crippen LogP contribution in [0.4, 0.5) is 0 Å². The Kier molecular flexibility index (Phi) is 3.33. The molecule has 0 aliphatic heterocycles. The monoisotopic (exact) mass is 198 g/mol. The highest BCUT2D eigenvalue weighted by molar-refractivity contribution is 5.85. The first-order chi connectivity index (χ1) is 6.71. The van der Waals surface area contributed by atoms with E-state index in [1.165, 1.54) is 7.11 Å². The molecule has 1 fully saturated rings. The second-order valence-corrected chi connectivity index (χ2v) is 3.36. The minimum Gasteiger partial charge on any atom is -0.468 e. The molecule has 2 atom stereocenters. The lowest BCUT2D eigenvalue weighted by Crippen LogP contribution is -2.39. The molecule has 0 aromatic carbocycles. The minimum absolute atomic E-state index is 0.227. The Morgan fingerprint density at radius 1 is 1.86 bits per heavy atom. The van der Waals surface area contributed by atoms with Gasteiger partial charge in [-0.25, -0.2) is 0 Å². The van der Waals surface area contributed by atoms with E-state index in [2.05, 4.69) is 15.3 Å². The quantitative estimate of drug-likeness (QED) is 0.307. The summed E-state index contributed by atoms with van der Waals surface area (Å²) in [6.45, 7) is 0.432. The van der Waals surface area contributed by atoms with Crippen molar-refractivity contribution < 1.29 is 9.53 Å². The van der Waals surface area contributed by atoms with Crippen LogP contribution in [0.2, 0.25) is 0 Å². The zero-order valence-corrected chi connectivity index (χ0v) is 8.36. The van der Waals surface area contributed by atoms with E-state index in [1.54, 1.807) is 7.05 Å². The predicted octanol–water partition coefficient (Wildman–Crippen LogP) is 0.838. The summed E-state index contributed by atoms with van der Waals surface area (Å²) in [5.41, 5.74) is 7.57. The average Bonchev–Trinajstić information content (AvgIpc) is 2.92. The number of carbonyl (C=O) groups excluding carboxylic acids is 1. The van der Waals surface area contributed by atoms with Crippen molar-refractivity contribution in [3.8, 4) is 0 Å². The summed E-state index contributed by atoms with van der Waals surface area (Å²) in [6, 6.07) is 0. The molecular formula is C8H14N4O2. The SMILES string of the molecule is CN[C@@]1(C(=O)OC)C[C@@H]1CCN=[N+]=[N-]. The van der Waals surface area contributed by atoms with Crippen molar-refractivity contribution >= 4 is 5.97 Å². The highest BCUT2D eigenvalue weighted by Gasteiger charge is 2.59. The van der Waals surface area contributed by atoms with Crippen molar-refractivity contribution in [2.45, 2.75) is 18.4 Å². The van der Waals surface area contributed by atoms with Crippen molar-refractivity contribution in [1.29, 1.82) is 0 Å². The maximum atomic E-state index is 11.4. The predicted molar refractivity (Wildman–Crippen MR) is 50.5 cm³/mol. The number of esters is 1. The van der Waals surface area contributed by atoms with Crippen LogP contribution in [0.1, 0.15) is 12.8 Å². The molecule has 0 aromatic rings. The molecule has 0 aromatic heterocycles. The molecule has 0 spiro atoms. The molecule has 1 N–H and O–H groups in total. The maximum Gasteiger partial charge on any atom is 0.326 e. The number of nitrogens with one attached hydrogen (secondary N) is 1. The van der Waals surface area contributed by atoms with E-state index in [9.17, 15) is 4.79 Å². The molecule has 1 aliphatic rings. The Morgan fingerprint density at radius 3 is 3.07 bits per heavy atom. The Morgan fingerprint density at radius 2 is 2.57 bits per heavy atom. The van der Waals surface area contributed by atoms with Crippen LogP contribution in [0.15, 0.2) is 5.11 Å². The minimum atomic E-state index is -0.528. The standard InChI is InChI=1S/C8H14N4O2/c1-10-8(7(13)14-2)5-6(8)3-4-11-12-9/h6,10H,3-5H2,1-2H3/t6-,8-/m0/s1. The number of rotatable bonds is 5. The third-order valence-corrected chi connectivity index (χ3v) is 2.74. The van der Waals surface area contributed by atoms with Crippen molar-refractivity contribution in [1.82, 2.24) is 5.32 Å². The number of hydrogen-bond donors (Lipinski definition) is 1. The number of ether oxygens (including phenoxy) is 1. The van der Waals surface area contributed by atoms with Gasteiger partial charge in [0.25, 0.3) is 0 Å². The lowest BCUT2D eigenvalue weighted by molar-refractivity contribution is -0.144. The first kappa shape index (κ1) is 10.8. The lowest BCUT2D eigenvalue weighted by atomic mass is 10.1. The van der Waals surface area contributed by atoms with Gasteiger partial charge >= 0.3 is 5.97 Å². The Hall–Kier alpha value is -1.26. The van der Waals surface area contributed by atoms with Gasteiger partial charge in [0.05, 0.1) is 7.11 Å². The number of likely N-dealkylation sites (N-methyl/N-ethyl adjacent to an activating group) is 1. The van der Waals surface area contributed by atoms with E-state index in [4.69, 9.17) is 10.3 Å². The van der Waals surface area contributed by atoms with Gasteiger partial charge in [-0.05, 0) is 31.3 Å². The highest BCUT2D eigenvalue weighted by atomic mass is 16.5. The fourth-order valence-electron chi connectivity index (χ4n) is 1.78. The van der Waals surface area contributed by atoms with E-state index in [0.717, 1.165) is 12.8 Å². The smallest absolute Gasteiger partial charge is 0.326 e. The fourth-order valence-corrected chi connectivity index (χ4v) is 1.78. The molecular weight excluding hydrogens is 184 g/mol. The van der Waals surface area contributed by atoms with Gasteiger partial charge in [-0.1, -0.05) is 5.11 Å². The summed E-state index contributed by atoms with van der Waals surface area (Å²) < 4.78 is 4.70. The second-order valence-electron chi connectivity index (χ2n) is 3.36. The van der Waals surface area contributed by atoms with Crippen LogP contribution >= 0.6 is 0 Å². The molecule has 0 radical (unpaired) electrons. The first-order valence-electron chi connectivity index (χ1n) is 4.49. The van der Waals surface area contributed by atoms with E-state index in [1.807, 2.05) is 0 Å². The largest absolute Gasteiger partial charge is 0.468 e. The van der Waals surface area contributed by atoms with Crippen molar-refractivity contribution in [2.75, 3.05) is 20.7 Å². The molecule has 0 unspecified atom stereocenters. The fraction of sp³-hybridized carbons (Fsp3) is 0.875. The van der Waals surface area contributed by atoms with E-state index in [0.29, 0.717) is 6.54 Å². The number of nitrogens with zero attached hydrogens (tertiary/aromatic N) is 3. The highest BCUT2D eigenvalue weighted by Crippen LogP contribution is 2.46. The van der Waals surface area contributed by atoms with Crippen LogP contribution in [0.3, 0.4) is 0 Å². The molecule has 1 aliphatic carbocycles. The topological polar surface area (TPSA) is 87.1 Å². The van der Waals surface area contributed by atoms with Crippen LogP contribution in [0, 0.1) is 5.92 Å². The average molecular weight is 198 g/mol. The van der Waals surface area contributed by atoms with Crippen LogP contribution in [0.25, 0.3) is 10.4 Å². The van der Waals surface area contributed by atoms with Gasteiger partial charge in [-0.3, -0.25) is 4.79 Å². The molecule has 6 heteroatoms. The van der Waals surface area contributed by atoms with Crippen molar-refractivity contribution in [3.63, 3.8) is 0 Å². The number of methoxy groups -OCH3 is 1. The molecule has 1 rings (SSSR count). The Balaban J connectivity index is 2.46. The van der Waals surface area contributed by atoms with Crippen LogP contribution in [-0.2, 0) is 9.53 Å². The van der Waals surface area contributed by atoms with Crippen molar-refractivity contribution in [3.05, 3.63) is 10.4 Å². The van der Waals surface area contributed by atoms with E-state index < -0.39 is 5.54 Å². The summed E-state index contributed by atoms with van der Waals surface area (Å²) in [4.78, 5) is 14.0. The zero-order chi connectivity index (χ0) is 10.6. The van der Waals surface area contributed by atoms with Crippen LogP contribution < -0.4 is 5.32 Å². The van der Waals surface area contributed by atoms with Gasteiger partial charge in [-0.2, -0.15) is 0 Å². The summed E-state index contributed by atoms with van der Waals surface area (Å²) in [5.74, 6) is -0.00335. The molecule has 1 saturated carbocycles. The van der Waals surface area contributed by atoms with E-state index in [-0.39, 0.29) is 11.9 Å². The second kappa shape index (κ2) is 4.30. The Labute approximate surface area is 82.2 Å². The van der Waals surface area contributed by atoms with Crippen molar-refractivity contribution in [2.24, 2.45) is 11.0 Å². The third kappa shape index (κ3) is 1.81. The summed E-state index contributed by atoms with van der Waals surface area (Å²) in [6.07, 6.45) is 1.48. The molecule has 0 heterocycles. The summed E-state index contributed by atoms with van der Waals surface area (Å²) in [7, 11) is 3.12. The molecule has 78 valence electrons. The normalized spacial score (nSPS) is 29.1. The van der Waals surface area contributed by atoms with Crippen LogP contribution in [-0.4, -0.2) is 32.2 Å². The van der Waals surface area contributed by atoms with Gasteiger partial charge < -0.3 is 10.1 Å². The molecule has 0 saturated heterocycles. The molecule has 0 bridgehead atoms. The number of hydrogen-bond acceptors (Lipinski definition) is 4. The lowest BCUT2D eigenvalue weighted by Gasteiger charge is -2.12. The first-order valence-corrected chi connectivity index (χ1v) is 4.49. The van der Waals surface area contributed by atoms with Crippen LogP contribution in [0.5, 0.6) is 0 Å². The van der Waals surface area contributed by atoms with E-state index >= 15 is 0 Å². The zero-order valence-electron chi connectivity index (χ0n) is 8.36. The van der Waals surface area contributed by atoms with Gasteiger partial charge in [0.15, 0.2) is 0 Å². The third-order valence-electron chi connectivity index (χ3n) is 2.74. The molecule has 14 heavy (non-hydrogen) atoms. The van der Waals surface area contributed by atoms with Gasteiger partial charge in [0.1, 0.15) is 5.54 Å². The number of azide groups is 1. The summed E-state index contributed by atoms with van der Waals surface area (Å²) >= 11 is 0. The maximum absolute atomic E-state index is 11.4.